The predicted molar refractivity (Wildman–Crippen MR) is 104 cm³/mol. The van der Waals surface area contributed by atoms with Crippen LogP contribution in [0.2, 0.25) is 0 Å². The van der Waals surface area contributed by atoms with Crippen molar-refractivity contribution in [3.63, 3.8) is 0 Å². The first-order valence-electron chi connectivity index (χ1n) is 9.45. The van der Waals surface area contributed by atoms with Gasteiger partial charge in [-0.1, -0.05) is 36.4 Å². The molecule has 0 radical (unpaired) electrons. The fourth-order valence-corrected chi connectivity index (χ4v) is 3.55. The lowest BCUT2D eigenvalue weighted by Gasteiger charge is -2.31. The number of hydrogen-bond acceptors (Lipinski definition) is 3. The Morgan fingerprint density at radius 3 is 2.54 bits per heavy atom. The van der Waals surface area contributed by atoms with Gasteiger partial charge in [-0.05, 0) is 49.1 Å². The number of benzene rings is 2. The number of carbonyl (C=O) groups is 2. The maximum Gasteiger partial charge on any atom is 0.254 e. The minimum atomic E-state index is 0.00411. The smallest absolute Gasteiger partial charge is 0.254 e. The van der Waals surface area contributed by atoms with Crippen LogP contribution in [-0.2, 0) is 4.79 Å². The number of likely N-dealkylation sites (tertiary alicyclic amines) is 1. The second-order valence-electron chi connectivity index (χ2n) is 6.88. The molecule has 2 aromatic rings. The third-order valence-electron chi connectivity index (χ3n) is 5.10. The molecule has 3 N–H and O–H groups in total. The lowest BCUT2D eigenvalue weighted by molar-refractivity contribution is -0.126. The van der Waals surface area contributed by atoms with Crippen molar-refractivity contribution in [2.24, 2.45) is 11.7 Å². The average Bonchev–Trinajstić information content (AvgIpc) is 2.70. The van der Waals surface area contributed by atoms with Crippen LogP contribution < -0.4 is 11.1 Å². The van der Waals surface area contributed by atoms with Gasteiger partial charge in [-0.2, -0.15) is 0 Å². The fourth-order valence-electron chi connectivity index (χ4n) is 3.55. The van der Waals surface area contributed by atoms with Crippen molar-refractivity contribution < 1.29 is 9.59 Å². The lowest BCUT2D eigenvalue weighted by atomic mass is 9.94. The van der Waals surface area contributed by atoms with E-state index in [0.29, 0.717) is 26.2 Å². The fraction of sp³-hybridized carbons (Fsp3) is 0.429. The number of nitrogens with zero attached hydrogens (tertiary/aromatic N) is 1. The van der Waals surface area contributed by atoms with E-state index in [0.717, 1.165) is 42.0 Å². The third-order valence-corrected chi connectivity index (χ3v) is 5.10. The van der Waals surface area contributed by atoms with E-state index in [2.05, 4.69) is 5.32 Å². The molecule has 0 aliphatic carbocycles. The summed E-state index contributed by atoms with van der Waals surface area (Å²) in [5.41, 5.74) is 6.21. The molecule has 0 atom stereocenters. The number of rotatable bonds is 6. The van der Waals surface area contributed by atoms with Crippen LogP contribution in [0.5, 0.6) is 0 Å². The van der Waals surface area contributed by atoms with E-state index in [-0.39, 0.29) is 17.7 Å². The minimum absolute atomic E-state index is 0.00411. The SMILES string of the molecule is NCCCCNC(=O)C1CCN(C(=O)c2cccc3ccccc23)CC1. The largest absolute Gasteiger partial charge is 0.356 e. The van der Waals surface area contributed by atoms with Gasteiger partial charge in [0.2, 0.25) is 5.91 Å². The Labute approximate surface area is 154 Å². The number of nitrogens with one attached hydrogen (secondary N) is 1. The summed E-state index contributed by atoms with van der Waals surface area (Å²) in [6.07, 6.45) is 3.29. The van der Waals surface area contributed by atoms with Crippen LogP contribution in [0.3, 0.4) is 0 Å². The highest BCUT2D eigenvalue weighted by molar-refractivity contribution is 6.07. The third kappa shape index (κ3) is 4.22. The molecule has 1 heterocycles. The van der Waals surface area contributed by atoms with Gasteiger partial charge in [0.15, 0.2) is 0 Å². The van der Waals surface area contributed by atoms with E-state index in [1.54, 1.807) is 0 Å². The van der Waals surface area contributed by atoms with Crippen LogP contribution in [-0.4, -0.2) is 42.9 Å². The molecule has 2 aromatic carbocycles. The lowest BCUT2D eigenvalue weighted by Crippen LogP contribution is -2.43. The van der Waals surface area contributed by atoms with E-state index in [1.807, 2.05) is 47.4 Å². The first kappa shape index (κ1) is 18.4. The van der Waals surface area contributed by atoms with Gasteiger partial charge in [0.1, 0.15) is 0 Å². The van der Waals surface area contributed by atoms with Crippen molar-refractivity contribution >= 4 is 22.6 Å². The zero-order chi connectivity index (χ0) is 18.4. The number of piperidine rings is 1. The normalized spacial score (nSPS) is 15.2. The monoisotopic (exact) mass is 353 g/mol. The van der Waals surface area contributed by atoms with Crippen molar-refractivity contribution in [1.29, 1.82) is 0 Å². The molecular formula is C21H27N3O2. The molecule has 26 heavy (non-hydrogen) atoms. The highest BCUT2D eigenvalue weighted by Crippen LogP contribution is 2.23. The summed E-state index contributed by atoms with van der Waals surface area (Å²) in [4.78, 5) is 27.1. The average molecular weight is 353 g/mol. The summed E-state index contributed by atoms with van der Waals surface area (Å²) in [5.74, 6) is 0.173. The van der Waals surface area contributed by atoms with Crippen molar-refractivity contribution in [2.45, 2.75) is 25.7 Å². The molecule has 0 aromatic heterocycles. The molecule has 2 amide bonds. The van der Waals surface area contributed by atoms with Gasteiger partial charge in [-0.25, -0.2) is 0 Å². The highest BCUT2D eigenvalue weighted by atomic mass is 16.2. The summed E-state index contributed by atoms with van der Waals surface area (Å²) >= 11 is 0. The van der Waals surface area contributed by atoms with Crippen LogP contribution in [0.1, 0.15) is 36.0 Å². The van der Waals surface area contributed by atoms with Gasteiger partial charge in [0, 0.05) is 31.1 Å². The molecule has 0 unspecified atom stereocenters. The second-order valence-corrected chi connectivity index (χ2v) is 6.88. The number of amides is 2. The van der Waals surface area contributed by atoms with Gasteiger partial charge in [0.05, 0.1) is 0 Å². The van der Waals surface area contributed by atoms with Gasteiger partial charge in [0.25, 0.3) is 5.91 Å². The highest BCUT2D eigenvalue weighted by Gasteiger charge is 2.28. The van der Waals surface area contributed by atoms with E-state index in [4.69, 9.17) is 5.73 Å². The topological polar surface area (TPSA) is 75.4 Å². The maximum absolute atomic E-state index is 12.9. The molecule has 138 valence electrons. The van der Waals surface area contributed by atoms with Crippen LogP contribution in [0.15, 0.2) is 42.5 Å². The molecule has 0 bridgehead atoms. The molecule has 1 aliphatic heterocycles. The zero-order valence-electron chi connectivity index (χ0n) is 15.1. The quantitative estimate of drug-likeness (QED) is 0.784. The molecular weight excluding hydrogens is 326 g/mol. The summed E-state index contributed by atoms with van der Waals surface area (Å²) in [7, 11) is 0. The van der Waals surface area contributed by atoms with Crippen LogP contribution >= 0.6 is 0 Å². The Kier molecular flexibility index (Phi) is 6.23. The summed E-state index contributed by atoms with van der Waals surface area (Å²) in [6.45, 7) is 2.60. The van der Waals surface area contributed by atoms with Crippen molar-refractivity contribution in [2.75, 3.05) is 26.2 Å². The first-order valence-corrected chi connectivity index (χ1v) is 9.45. The van der Waals surface area contributed by atoms with Crippen molar-refractivity contribution in [3.8, 4) is 0 Å². The molecule has 1 fully saturated rings. The van der Waals surface area contributed by atoms with Crippen LogP contribution in [0.4, 0.5) is 0 Å². The number of hydrogen-bond donors (Lipinski definition) is 2. The molecule has 5 nitrogen and oxygen atoms in total. The minimum Gasteiger partial charge on any atom is -0.356 e. The van der Waals surface area contributed by atoms with Crippen molar-refractivity contribution in [3.05, 3.63) is 48.0 Å². The summed E-state index contributed by atoms with van der Waals surface area (Å²) in [6, 6.07) is 13.8. The summed E-state index contributed by atoms with van der Waals surface area (Å²) < 4.78 is 0. The van der Waals surface area contributed by atoms with Gasteiger partial charge in [-0.3, -0.25) is 9.59 Å². The molecule has 0 spiro atoms. The number of fused-ring (bicyclic) bond motifs is 1. The predicted octanol–water partition coefficient (Wildman–Crippen LogP) is 2.55. The maximum atomic E-state index is 12.9. The number of unbranched alkanes of at least 4 members (excludes halogenated alkanes) is 1. The Bertz CT molecular complexity index is 761. The standard InChI is InChI=1S/C21H27N3O2/c22-12-3-4-13-23-20(25)17-10-14-24(15-11-17)21(26)19-9-5-7-16-6-1-2-8-18(16)19/h1-2,5-9,17H,3-4,10-15,22H2,(H,23,25). The van der Waals surface area contributed by atoms with Crippen molar-refractivity contribution in [1.82, 2.24) is 10.2 Å². The Morgan fingerprint density at radius 2 is 1.77 bits per heavy atom. The van der Waals surface area contributed by atoms with E-state index < -0.39 is 0 Å². The van der Waals surface area contributed by atoms with E-state index in [9.17, 15) is 9.59 Å². The van der Waals surface area contributed by atoms with E-state index in [1.165, 1.54) is 0 Å². The van der Waals surface area contributed by atoms with Crippen LogP contribution in [0, 0.1) is 5.92 Å². The zero-order valence-corrected chi connectivity index (χ0v) is 15.1. The van der Waals surface area contributed by atoms with Crippen LogP contribution in [0.25, 0.3) is 10.8 Å². The van der Waals surface area contributed by atoms with Gasteiger partial charge < -0.3 is 16.0 Å². The number of nitrogens with two attached hydrogens (primary N) is 1. The Balaban J connectivity index is 1.57. The van der Waals surface area contributed by atoms with E-state index >= 15 is 0 Å². The molecule has 1 saturated heterocycles. The number of carbonyl (C=O) groups excluding carboxylic acids is 2. The molecule has 5 heteroatoms. The molecule has 1 aliphatic rings. The summed E-state index contributed by atoms with van der Waals surface area (Å²) in [5, 5.41) is 5.05. The Hall–Kier alpha value is -2.40. The van der Waals surface area contributed by atoms with Gasteiger partial charge in [-0.15, -0.1) is 0 Å². The first-order chi connectivity index (χ1) is 12.7. The van der Waals surface area contributed by atoms with Gasteiger partial charge >= 0.3 is 0 Å². The molecule has 3 rings (SSSR count). The second kappa shape index (κ2) is 8.81. The molecule has 0 saturated carbocycles. The Morgan fingerprint density at radius 1 is 1.04 bits per heavy atom.